The number of hydrogen-bond acceptors (Lipinski definition) is 3. The van der Waals surface area contributed by atoms with Gasteiger partial charge >= 0.3 is 5.30 Å². The summed E-state index contributed by atoms with van der Waals surface area (Å²) in [7, 11) is 0. The van der Waals surface area contributed by atoms with Crippen molar-refractivity contribution in [3.8, 4) is 0 Å². The predicted octanol–water partition coefficient (Wildman–Crippen LogP) is 6.36. The fraction of sp³-hybridized carbons (Fsp3) is 0.933. The van der Waals surface area contributed by atoms with Crippen LogP contribution in [0.2, 0.25) is 0 Å². The van der Waals surface area contributed by atoms with Crippen LogP contribution in [0.5, 0.6) is 0 Å². The Kier molecular flexibility index (Phi) is 14.6. The van der Waals surface area contributed by atoms with E-state index in [1.165, 1.54) is 69.5 Å². The minimum atomic E-state index is -0.521. The summed E-state index contributed by atoms with van der Waals surface area (Å²) in [5, 5.41) is -0.251. The van der Waals surface area contributed by atoms with Crippen LogP contribution in [0.25, 0.3) is 0 Å². The topological polar surface area (TPSA) is 26.3 Å². The molecule has 0 amide bonds. The van der Waals surface area contributed by atoms with Gasteiger partial charge in [0.2, 0.25) is 0 Å². The Hall–Kier alpha value is 0.110. The van der Waals surface area contributed by atoms with Gasteiger partial charge in [-0.3, -0.25) is 0 Å². The van der Waals surface area contributed by atoms with Crippen molar-refractivity contribution in [1.82, 2.24) is 0 Å². The maximum absolute atomic E-state index is 11.2. The zero-order chi connectivity index (χ0) is 14.3. The Bertz CT molecular complexity index is 210. The third-order valence-electron chi connectivity index (χ3n) is 2.98. The zero-order valence-corrected chi connectivity index (χ0v) is 14.0. The molecule has 2 nitrogen and oxygen atoms in total. The summed E-state index contributed by atoms with van der Waals surface area (Å²) in [6.07, 6.45) is 13.2. The van der Waals surface area contributed by atoms with E-state index in [1.54, 1.807) is 6.92 Å². The highest BCUT2D eigenvalue weighted by molar-refractivity contribution is 8.13. The fourth-order valence-corrected chi connectivity index (χ4v) is 2.77. The lowest BCUT2D eigenvalue weighted by atomic mass is 10.1. The van der Waals surface area contributed by atoms with Crippen LogP contribution in [-0.2, 0) is 4.74 Å². The van der Waals surface area contributed by atoms with Crippen LogP contribution < -0.4 is 0 Å². The number of thioether (sulfide) groups is 1. The fourth-order valence-electron chi connectivity index (χ4n) is 1.91. The first-order valence-electron chi connectivity index (χ1n) is 7.64. The number of ether oxygens (including phenoxy) is 1. The van der Waals surface area contributed by atoms with Crippen molar-refractivity contribution >= 4 is 28.7 Å². The van der Waals surface area contributed by atoms with Gasteiger partial charge in [0.25, 0.3) is 0 Å². The van der Waals surface area contributed by atoms with Crippen LogP contribution in [-0.4, -0.2) is 16.6 Å². The molecular formula is C15H29ClO2S. The van der Waals surface area contributed by atoms with Crippen molar-refractivity contribution in [3.05, 3.63) is 0 Å². The molecule has 0 N–H and O–H groups in total. The minimum Gasteiger partial charge on any atom is -0.438 e. The molecule has 0 saturated heterocycles. The molecule has 0 aromatic carbocycles. The van der Waals surface area contributed by atoms with Crippen LogP contribution in [0.15, 0.2) is 0 Å². The molecule has 0 saturated carbocycles. The summed E-state index contributed by atoms with van der Waals surface area (Å²) >= 11 is 6.80. The van der Waals surface area contributed by atoms with Crippen molar-refractivity contribution in [2.75, 3.05) is 5.75 Å². The van der Waals surface area contributed by atoms with E-state index < -0.39 is 5.56 Å². The first-order valence-corrected chi connectivity index (χ1v) is 9.06. The highest BCUT2D eigenvalue weighted by atomic mass is 35.5. The molecule has 0 aromatic rings. The number of hydrogen-bond donors (Lipinski definition) is 0. The van der Waals surface area contributed by atoms with Crippen molar-refractivity contribution in [2.45, 2.75) is 83.6 Å². The Morgan fingerprint density at radius 1 is 1.00 bits per heavy atom. The lowest BCUT2D eigenvalue weighted by Gasteiger charge is -2.05. The van der Waals surface area contributed by atoms with E-state index in [-0.39, 0.29) is 5.30 Å². The number of rotatable bonds is 12. The second-order valence-electron chi connectivity index (χ2n) is 4.94. The van der Waals surface area contributed by atoms with Gasteiger partial charge in [-0.15, -0.1) is 0 Å². The first kappa shape index (κ1) is 19.1. The van der Waals surface area contributed by atoms with Gasteiger partial charge < -0.3 is 4.74 Å². The molecule has 0 radical (unpaired) electrons. The number of unbranched alkanes of at least 4 members (excludes halogenated alkanes) is 9. The SMILES string of the molecule is CCCCCCCCCCCCSC(=O)OC(C)Cl. The normalized spacial score (nSPS) is 12.4. The van der Waals surface area contributed by atoms with E-state index in [0.717, 1.165) is 12.2 Å². The molecule has 0 aliphatic rings. The van der Waals surface area contributed by atoms with Gasteiger partial charge in [0.05, 0.1) is 0 Å². The maximum atomic E-state index is 11.2. The van der Waals surface area contributed by atoms with E-state index in [2.05, 4.69) is 6.92 Å². The highest BCUT2D eigenvalue weighted by Gasteiger charge is 2.06. The predicted molar refractivity (Wildman–Crippen MR) is 86.1 cm³/mol. The first-order chi connectivity index (χ1) is 9.16. The molecule has 0 aliphatic carbocycles. The quantitative estimate of drug-likeness (QED) is 0.238. The number of halogens is 1. The van der Waals surface area contributed by atoms with Crippen molar-refractivity contribution in [2.24, 2.45) is 0 Å². The van der Waals surface area contributed by atoms with Crippen molar-refractivity contribution < 1.29 is 9.53 Å². The van der Waals surface area contributed by atoms with Gasteiger partial charge in [-0.05, 0) is 25.1 Å². The smallest absolute Gasteiger partial charge is 0.368 e. The molecule has 0 aromatic heterocycles. The molecule has 1 unspecified atom stereocenters. The summed E-state index contributed by atoms with van der Waals surface area (Å²) in [5.41, 5.74) is -0.521. The van der Waals surface area contributed by atoms with E-state index >= 15 is 0 Å². The monoisotopic (exact) mass is 308 g/mol. The summed E-state index contributed by atoms with van der Waals surface area (Å²) in [6.45, 7) is 3.90. The Balaban J connectivity index is 3.08. The molecule has 0 fully saturated rings. The molecule has 0 rings (SSSR count). The number of carbonyl (C=O) groups is 1. The molecular weight excluding hydrogens is 280 g/mol. The Labute approximate surface area is 128 Å². The maximum Gasteiger partial charge on any atom is 0.368 e. The Morgan fingerprint density at radius 3 is 1.95 bits per heavy atom. The molecule has 0 bridgehead atoms. The molecule has 19 heavy (non-hydrogen) atoms. The van der Waals surface area contributed by atoms with Crippen LogP contribution in [0.1, 0.15) is 78.1 Å². The second-order valence-corrected chi connectivity index (χ2v) is 6.59. The summed E-state index contributed by atoms with van der Waals surface area (Å²) < 4.78 is 4.83. The summed E-state index contributed by atoms with van der Waals surface area (Å²) in [6, 6.07) is 0. The summed E-state index contributed by atoms with van der Waals surface area (Å²) in [4.78, 5) is 11.2. The van der Waals surface area contributed by atoms with Gasteiger partial charge in [-0.25, -0.2) is 4.79 Å². The van der Waals surface area contributed by atoms with Gasteiger partial charge in [-0.1, -0.05) is 76.3 Å². The van der Waals surface area contributed by atoms with Crippen molar-refractivity contribution in [3.63, 3.8) is 0 Å². The number of carbonyl (C=O) groups excluding carboxylic acids is 1. The van der Waals surface area contributed by atoms with Crippen LogP contribution >= 0.6 is 23.4 Å². The number of alkyl halides is 1. The van der Waals surface area contributed by atoms with Gasteiger partial charge in [0.1, 0.15) is 0 Å². The van der Waals surface area contributed by atoms with Crippen LogP contribution in [0, 0.1) is 0 Å². The average Bonchev–Trinajstić information content (AvgIpc) is 2.35. The summed E-state index contributed by atoms with van der Waals surface area (Å²) in [5.74, 6) is 0.846. The van der Waals surface area contributed by atoms with E-state index in [1.807, 2.05) is 0 Å². The molecule has 1 atom stereocenters. The van der Waals surface area contributed by atoms with Gasteiger partial charge in [0.15, 0.2) is 5.56 Å². The van der Waals surface area contributed by atoms with E-state index in [0.29, 0.717) is 0 Å². The molecule has 0 spiro atoms. The third-order valence-corrected chi connectivity index (χ3v) is 3.89. The lowest BCUT2D eigenvalue weighted by Crippen LogP contribution is -2.04. The minimum absolute atomic E-state index is 0.251. The molecule has 114 valence electrons. The molecule has 0 heterocycles. The van der Waals surface area contributed by atoms with Crippen LogP contribution in [0.3, 0.4) is 0 Å². The average molecular weight is 309 g/mol. The third kappa shape index (κ3) is 16.1. The largest absolute Gasteiger partial charge is 0.438 e. The standard InChI is InChI=1S/C15H29ClO2S/c1-3-4-5-6-7-8-9-10-11-12-13-19-15(17)18-14(2)16/h14H,3-13H2,1-2H3. The Morgan fingerprint density at radius 2 is 1.47 bits per heavy atom. The van der Waals surface area contributed by atoms with Crippen molar-refractivity contribution in [1.29, 1.82) is 0 Å². The molecule has 0 aliphatic heterocycles. The van der Waals surface area contributed by atoms with Gasteiger partial charge in [0, 0.05) is 5.75 Å². The van der Waals surface area contributed by atoms with E-state index in [9.17, 15) is 4.79 Å². The van der Waals surface area contributed by atoms with E-state index in [4.69, 9.17) is 16.3 Å². The second kappa shape index (κ2) is 14.5. The lowest BCUT2D eigenvalue weighted by molar-refractivity contribution is 0.168. The highest BCUT2D eigenvalue weighted by Crippen LogP contribution is 2.14. The van der Waals surface area contributed by atoms with Crippen LogP contribution in [0.4, 0.5) is 4.79 Å². The van der Waals surface area contributed by atoms with Gasteiger partial charge in [-0.2, -0.15) is 0 Å². The molecule has 4 heteroatoms. The zero-order valence-electron chi connectivity index (χ0n) is 12.5.